The van der Waals surface area contributed by atoms with E-state index >= 15 is 0 Å². The Bertz CT molecular complexity index is 678. The minimum absolute atomic E-state index is 0.0285. The third kappa shape index (κ3) is 4.22. The van der Waals surface area contributed by atoms with Crippen LogP contribution in [0.1, 0.15) is 37.0 Å². The molecule has 26 heavy (non-hydrogen) atoms. The molecule has 2 atom stereocenters. The lowest BCUT2D eigenvalue weighted by Crippen LogP contribution is -2.49. The Labute approximate surface area is 152 Å². The Hall–Kier alpha value is -2.41. The monoisotopic (exact) mass is 360 g/mol. The van der Waals surface area contributed by atoms with Crippen LogP contribution in [0.4, 0.5) is 5.69 Å². The van der Waals surface area contributed by atoms with Crippen molar-refractivity contribution in [2.75, 3.05) is 31.1 Å². The normalized spacial score (nSPS) is 23.2. The average Bonchev–Trinajstić information content (AvgIpc) is 3.04. The van der Waals surface area contributed by atoms with Gasteiger partial charge < -0.3 is 19.3 Å². The van der Waals surface area contributed by atoms with Crippen LogP contribution in [0.5, 0.6) is 0 Å². The number of morpholine rings is 1. The van der Waals surface area contributed by atoms with Crippen molar-refractivity contribution < 1.29 is 23.9 Å². The molecule has 0 N–H and O–H groups in total. The van der Waals surface area contributed by atoms with Gasteiger partial charge in [0.05, 0.1) is 17.8 Å². The summed E-state index contributed by atoms with van der Waals surface area (Å²) in [5.74, 6) is -0.675. The van der Waals surface area contributed by atoms with Crippen molar-refractivity contribution >= 4 is 23.5 Å². The van der Waals surface area contributed by atoms with Crippen LogP contribution in [-0.4, -0.2) is 61.1 Å². The highest BCUT2D eigenvalue weighted by Crippen LogP contribution is 2.21. The molecule has 3 rings (SSSR count). The number of carbonyl (C=O) groups excluding carboxylic acids is 3. The number of nitrogens with zero attached hydrogens (tertiary/aromatic N) is 2. The topological polar surface area (TPSA) is 76.2 Å². The Morgan fingerprint density at radius 1 is 1.15 bits per heavy atom. The molecule has 0 aromatic heterocycles. The van der Waals surface area contributed by atoms with Gasteiger partial charge in [0.25, 0.3) is 5.91 Å². The fourth-order valence-corrected chi connectivity index (χ4v) is 3.38. The molecule has 0 saturated carbocycles. The number of hydrogen-bond acceptors (Lipinski definition) is 5. The predicted octanol–water partition coefficient (Wildman–Crippen LogP) is 1.61. The van der Waals surface area contributed by atoms with Gasteiger partial charge in [-0.1, -0.05) is 0 Å². The van der Waals surface area contributed by atoms with Crippen LogP contribution < -0.4 is 4.90 Å². The lowest BCUT2D eigenvalue weighted by atomic mass is 10.2. The molecule has 0 radical (unpaired) electrons. The standard InChI is InChI=1S/C19H24N2O5/c1-13-10-20(11-14(2)26-13)18(23)12-25-19(24)15-5-7-16(8-6-15)21-9-3-4-17(21)22/h5-8,13-14H,3-4,9-12H2,1-2H3/t13-,14-/m1/s1. The van der Waals surface area contributed by atoms with Gasteiger partial charge in [-0.15, -0.1) is 0 Å². The van der Waals surface area contributed by atoms with Gasteiger partial charge in [-0.05, 0) is 44.5 Å². The summed E-state index contributed by atoms with van der Waals surface area (Å²) in [5.41, 5.74) is 1.13. The van der Waals surface area contributed by atoms with Crippen LogP contribution in [0.15, 0.2) is 24.3 Å². The van der Waals surface area contributed by atoms with Gasteiger partial charge in [-0.3, -0.25) is 9.59 Å². The zero-order valence-electron chi connectivity index (χ0n) is 15.1. The van der Waals surface area contributed by atoms with Crippen LogP contribution in [0, 0.1) is 0 Å². The lowest BCUT2D eigenvalue weighted by Gasteiger charge is -2.35. The van der Waals surface area contributed by atoms with Crippen molar-refractivity contribution in [1.29, 1.82) is 0 Å². The predicted molar refractivity (Wildman–Crippen MR) is 94.9 cm³/mol. The van der Waals surface area contributed by atoms with Crippen LogP contribution in [0.25, 0.3) is 0 Å². The number of anilines is 1. The second-order valence-electron chi connectivity index (χ2n) is 6.83. The molecule has 1 aromatic rings. The van der Waals surface area contributed by atoms with Gasteiger partial charge >= 0.3 is 5.97 Å². The number of carbonyl (C=O) groups is 3. The third-order valence-electron chi connectivity index (χ3n) is 4.59. The molecule has 0 aliphatic carbocycles. The SMILES string of the molecule is C[C@@H]1CN(C(=O)COC(=O)c2ccc(N3CCCC3=O)cc2)C[C@@H](C)O1. The minimum atomic E-state index is -0.549. The summed E-state index contributed by atoms with van der Waals surface area (Å²) in [5, 5.41) is 0. The van der Waals surface area contributed by atoms with Gasteiger partial charge in [0.2, 0.25) is 5.91 Å². The fourth-order valence-electron chi connectivity index (χ4n) is 3.38. The van der Waals surface area contributed by atoms with Crippen molar-refractivity contribution in [1.82, 2.24) is 4.90 Å². The van der Waals surface area contributed by atoms with E-state index < -0.39 is 5.97 Å². The fraction of sp³-hybridized carbons (Fsp3) is 0.526. The first-order valence-electron chi connectivity index (χ1n) is 8.95. The molecule has 0 bridgehead atoms. The number of benzene rings is 1. The largest absolute Gasteiger partial charge is 0.452 e. The Balaban J connectivity index is 1.53. The van der Waals surface area contributed by atoms with Gasteiger partial charge in [-0.2, -0.15) is 0 Å². The highest BCUT2D eigenvalue weighted by Gasteiger charge is 2.26. The summed E-state index contributed by atoms with van der Waals surface area (Å²) >= 11 is 0. The molecule has 0 spiro atoms. The molecule has 1 aromatic carbocycles. The Kier molecular flexibility index (Phi) is 5.56. The molecule has 140 valence electrons. The number of ether oxygens (including phenoxy) is 2. The molecule has 2 aliphatic heterocycles. The van der Waals surface area contributed by atoms with Crippen molar-refractivity contribution in [3.05, 3.63) is 29.8 Å². The highest BCUT2D eigenvalue weighted by atomic mass is 16.5. The zero-order chi connectivity index (χ0) is 18.7. The average molecular weight is 360 g/mol. The van der Waals surface area contributed by atoms with Crippen molar-refractivity contribution in [3.63, 3.8) is 0 Å². The third-order valence-corrected chi connectivity index (χ3v) is 4.59. The maximum absolute atomic E-state index is 12.2. The molecule has 7 nitrogen and oxygen atoms in total. The molecule has 7 heteroatoms. The highest BCUT2D eigenvalue weighted by molar-refractivity contribution is 5.96. The molecule has 2 aliphatic rings. The van der Waals surface area contributed by atoms with E-state index in [4.69, 9.17) is 9.47 Å². The van der Waals surface area contributed by atoms with Crippen LogP contribution in [-0.2, 0) is 19.1 Å². The molecule has 2 fully saturated rings. The van der Waals surface area contributed by atoms with Crippen molar-refractivity contribution in [2.45, 2.75) is 38.9 Å². The second-order valence-corrected chi connectivity index (χ2v) is 6.83. The van der Waals surface area contributed by atoms with Crippen LogP contribution in [0.2, 0.25) is 0 Å². The van der Waals surface area contributed by atoms with Gasteiger partial charge in [0, 0.05) is 31.7 Å². The van der Waals surface area contributed by atoms with E-state index in [1.165, 1.54) is 0 Å². The summed E-state index contributed by atoms with van der Waals surface area (Å²) < 4.78 is 10.7. The van der Waals surface area contributed by atoms with E-state index in [1.54, 1.807) is 34.1 Å². The van der Waals surface area contributed by atoms with E-state index in [-0.39, 0.29) is 30.6 Å². The number of rotatable bonds is 4. The molecule has 2 amide bonds. The van der Waals surface area contributed by atoms with Gasteiger partial charge in [0.1, 0.15) is 0 Å². The summed E-state index contributed by atoms with van der Waals surface area (Å²) in [6, 6.07) is 6.69. The summed E-state index contributed by atoms with van der Waals surface area (Å²) in [4.78, 5) is 39.5. The lowest BCUT2D eigenvalue weighted by molar-refractivity contribution is -0.146. The number of hydrogen-bond donors (Lipinski definition) is 0. The van der Waals surface area contributed by atoms with Crippen molar-refractivity contribution in [3.8, 4) is 0 Å². The van der Waals surface area contributed by atoms with Crippen LogP contribution in [0.3, 0.4) is 0 Å². The number of amides is 2. The van der Waals surface area contributed by atoms with E-state index in [0.29, 0.717) is 31.6 Å². The first-order chi connectivity index (χ1) is 12.4. The summed E-state index contributed by atoms with van der Waals surface area (Å²) in [6.45, 7) is 5.24. The first-order valence-corrected chi connectivity index (χ1v) is 8.95. The zero-order valence-corrected chi connectivity index (χ0v) is 15.1. The quantitative estimate of drug-likeness (QED) is 0.763. The smallest absolute Gasteiger partial charge is 0.338 e. The second kappa shape index (κ2) is 7.86. The number of esters is 1. The summed E-state index contributed by atoms with van der Waals surface area (Å²) in [7, 11) is 0. The molecular formula is C19H24N2O5. The van der Waals surface area contributed by atoms with E-state index in [9.17, 15) is 14.4 Å². The van der Waals surface area contributed by atoms with E-state index in [1.807, 2.05) is 13.8 Å². The molecule has 0 unspecified atom stereocenters. The summed E-state index contributed by atoms with van der Waals surface area (Å²) in [6.07, 6.45) is 1.35. The minimum Gasteiger partial charge on any atom is -0.452 e. The maximum atomic E-state index is 12.2. The first kappa shape index (κ1) is 18.4. The van der Waals surface area contributed by atoms with Crippen molar-refractivity contribution in [2.24, 2.45) is 0 Å². The van der Waals surface area contributed by atoms with Gasteiger partial charge in [-0.25, -0.2) is 4.79 Å². The molecule has 2 saturated heterocycles. The van der Waals surface area contributed by atoms with E-state index in [2.05, 4.69) is 0 Å². The van der Waals surface area contributed by atoms with Gasteiger partial charge in [0.15, 0.2) is 6.61 Å². The van der Waals surface area contributed by atoms with E-state index in [0.717, 1.165) is 12.1 Å². The van der Waals surface area contributed by atoms with Crippen LogP contribution >= 0.6 is 0 Å². The Morgan fingerprint density at radius 3 is 2.38 bits per heavy atom. The Morgan fingerprint density at radius 2 is 1.81 bits per heavy atom. The molecule has 2 heterocycles. The maximum Gasteiger partial charge on any atom is 0.338 e. The molecular weight excluding hydrogens is 336 g/mol.